The molecule has 2 aromatic rings. The number of halogens is 1. The number of aromatic nitrogens is 1. The van der Waals surface area contributed by atoms with Crippen molar-refractivity contribution in [3.05, 3.63) is 28.4 Å². The van der Waals surface area contributed by atoms with E-state index in [2.05, 4.69) is 4.98 Å². The third kappa shape index (κ3) is 2.46. The summed E-state index contributed by atoms with van der Waals surface area (Å²) in [5, 5.41) is 1.36. The number of benzene rings is 1. The van der Waals surface area contributed by atoms with Crippen molar-refractivity contribution < 1.29 is 9.47 Å². The molecule has 0 atom stereocenters. The Balaban J connectivity index is 2.80. The van der Waals surface area contributed by atoms with E-state index < -0.39 is 0 Å². The van der Waals surface area contributed by atoms with E-state index in [1.807, 2.05) is 13.0 Å². The Morgan fingerprint density at radius 1 is 1.26 bits per heavy atom. The fraction of sp³-hybridized carbons (Fsp3) is 0.357. The quantitative estimate of drug-likeness (QED) is 0.935. The van der Waals surface area contributed by atoms with Crippen molar-refractivity contribution in [2.75, 3.05) is 20.8 Å². The minimum atomic E-state index is 0.510. The van der Waals surface area contributed by atoms with Gasteiger partial charge >= 0.3 is 0 Å². The van der Waals surface area contributed by atoms with E-state index in [4.69, 9.17) is 26.8 Å². The van der Waals surface area contributed by atoms with Crippen molar-refractivity contribution in [2.45, 2.75) is 13.3 Å². The van der Waals surface area contributed by atoms with Crippen LogP contribution in [0.2, 0.25) is 5.02 Å². The predicted octanol–water partition coefficient (Wildman–Crippen LogP) is 2.72. The molecule has 19 heavy (non-hydrogen) atoms. The highest BCUT2D eigenvalue weighted by Crippen LogP contribution is 2.39. The SMILES string of the molecule is COc1c(Cl)cc(OC)c2nc(C)c(CCN)cc12. The molecule has 0 aliphatic rings. The summed E-state index contributed by atoms with van der Waals surface area (Å²) in [4.78, 5) is 4.60. The normalized spacial score (nSPS) is 10.8. The van der Waals surface area contributed by atoms with Crippen molar-refractivity contribution in [1.82, 2.24) is 4.98 Å². The summed E-state index contributed by atoms with van der Waals surface area (Å²) in [5.74, 6) is 1.26. The number of hydrogen-bond acceptors (Lipinski definition) is 4. The summed E-state index contributed by atoms with van der Waals surface area (Å²) in [6.45, 7) is 2.54. The minimum absolute atomic E-state index is 0.510. The zero-order valence-electron chi connectivity index (χ0n) is 11.3. The molecule has 1 heterocycles. The highest BCUT2D eigenvalue weighted by Gasteiger charge is 2.15. The second-order valence-corrected chi connectivity index (χ2v) is 4.67. The summed E-state index contributed by atoms with van der Waals surface area (Å²) in [5.41, 5.74) is 8.41. The molecule has 0 aliphatic carbocycles. The molecule has 0 bridgehead atoms. The van der Waals surface area contributed by atoms with Crippen LogP contribution < -0.4 is 15.2 Å². The number of hydrogen-bond donors (Lipinski definition) is 1. The van der Waals surface area contributed by atoms with Crippen LogP contribution in [0, 0.1) is 6.92 Å². The Kier molecular flexibility index (Phi) is 4.12. The van der Waals surface area contributed by atoms with Gasteiger partial charge in [-0.2, -0.15) is 0 Å². The second-order valence-electron chi connectivity index (χ2n) is 4.26. The van der Waals surface area contributed by atoms with Gasteiger partial charge in [-0.05, 0) is 31.5 Å². The maximum atomic E-state index is 6.20. The fourth-order valence-electron chi connectivity index (χ4n) is 2.16. The van der Waals surface area contributed by atoms with E-state index in [0.717, 1.165) is 28.6 Å². The molecule has 1 aromatic carbocycles. The van der Waals surface area contributed by atoms with Gasteiger partial charge in [0.2, 0.25) is 0 Å². The van der Waals surface area contributed by atoms with Gasteiger partial charge < -0.3 is 15.2 Å². The lowest BCUT2D eigenvalue weighted by molar-refractivity contribution is 0.410. The number of nitrogens with zero attached hydrogens (tertiary/aromatic N) is 1. The van der Waals surface area contributed by atoms with Gasteiger partial charge in [-0.3, -0.25) is 0 Å². The van der Waals surface area contributed by atoms with Crippen LogP contribution in [-0.4, -0.2) is 25.7 Å². The van der Waals surface area contributed by atoms with Gasteiger partial charge in [0.1, 0.15) is 17.0 Å². The number of nitrogens with two attached hydrogens (primary N) is 1. The average Bonchev–Trinajstić information content (AvgIpc) is 2.40. The molecule has 2 rings (SSSR count). The molecule has 0 spiro atoms. The Morgan fingerprint density at radius 2 is 2.00 bits per heavy atom. The van der Waals surface area contributed by atoms with Gasteiger partial charge in [-0.15, -0.1) is 0 Å². The lowest BCUT2D eigenvalue weighted by Gasteiger charge is -2.14. The molecule has 0 unspecified atom stereocenters. The largest absolute Gasteiger partial charge is 0.494 e. The first-order valence-electron chi connectivity index (χ1n) is 6.03. The van der Waals surface area contributed by atoms with Gasteiger partial charge in [0.15, 0.2) is 0 Å². The Morgan fingerprint density at radius 3 is 2.58 bits per heavy atom. The number of pyridine rings is 1. The number of methoxy groups -OCH3 is 2. The topological polar surface area (TPSA) is 57.4 Å². The van der Waals surface area contributed by atoms with E-state index in [-0.39, 0.29) is 0 Å². The molecule has 4 nitrogen and oxygen atoms in total. The fourth-order valence-corrected chi connectivity index (χ4v) is 2.44. The predicted molar refractivity (Wildman–Crippen MR) is 77.4 cm³/mol. The zero-order chi connectivity index (χ0) is 14.0. The van der Waals surface area contributed by atoms with E-state index in [9.17, 15) is 0 Å². The molecule has 2 N–H and O–H groups in total. The molecule has 0 amide bonds. The third-order valence-corrected chi connectivity index (χ3v) is 3.39. The third-order valence-electron chi connectivity index (χ3n) is 3.11. The van der Waals surface area contributed by atoms with E-state index in [1.165, 1.54) is 0 Å². The maximum absolute atomic E-state index is 6.20. The number of aryl methyl sites for hydroxylation is 1. The smallest absolute Gasteiger partial charge is 0.147 e. The van der Waals surface area contributed by atoms with Crippen molar-refractivity contribution in [3.63, 3.8) is 0 Å². The van der Waals surface area contributed by atoms with Crippen LogP contribution in [0.25, 0.3) is 10.9 Å². The van der Waals surface area contributed by atoms with Gasteiger partial charge in [0, 0.05) is 17.1 Å². The first-order chi connectivity index (χ1) is 9.12. The van der Waals surface area contributed by atoms with E-state index >= 15 is 0 Å². The highest BCUT2D eigenvalue weighted by atomic mass is 35.5. The average molecular weight is 281 g/mol. The molecule has 0 fully saturated rings. The standard InChI is InChI=1S/C14H17ClN2O2/c1-8-9(4-5-16)6-10-13(17-8)12(18-2)7-11(15)14(10)19-3/h6-7H,4-5,16H2,1-3H3. The highest BCUT2D eigenvalue weighted by molar-refractivity contribution is 6.33. The molecule has 102 valence electrons. The number of ether oxygens (including phenoxy) is 2. The van der Waals surface area contributed by atoms with Crippen LogP contribution >= 0.6 is 11.6 Å². The first-order valence-corrected chi connectivity index (χ1v) is 6.41. The van der Waals surface area contributed by atoms with Crippen molar-refractivity contribution in [1.29, 1.82) is 0 Å². The van der Waals surface area contributed by atoms with Crippen molar-refractivity contribution >= 4 is 22.5 Å². The van der Waals surface area contributed by atoms with Crippen LogP contribution in [0.1, 0.15) is 11.3 Å². The molecule has 1 aromatic heterocycles. The van der Waals surface area contributed by atoms with Gasteiger partial charge in [0.25, 0.3) is 0 Å². The van der Waals surface area contributed by atoms with Crippen molar-refractivity contribution in [3.8, 4) is 11.5 Å². The van der Waals surface area contributed by atoms with Crippen LogP contribution in [-0.2, 0) is 6.42 Å². The van der Waals surface area contributed by atoms with E-state index in [0.29, 0.717) is 23.1 Å². The molecular formula is C14H17ClN2O2. The van der Waals surface area contributed by atoms with Gasteiger partial charge in [0.05, 0.1) is 19.2 Å². The summed E-state index contributed by atoms with van der Waals surface area (Å²) in [7, 11) is 3.19. The monoisotopic (exact) mass is 280 g/mol. The molecular weight excluding hydrogens is 264 g/mol. The van der Waals surface area contributed by atoms with Crippen LogP contribution in [0.4, 0.5) is 0 Å². The molecule has 5 heteroatoms. The lowest BCUT2D eigenvalue weighted by Crippen LogP contribution is -2.06. The Hall–Kier alpha value is -1.52. The summed E-state index contributed by atoms with van der Waals surface area (Å²) in [6.07, 6.45) is 0.771. The number of rotatable bonds is 4. The second kappa shape index (κ2) is 5.63. The lowest BCUT2D eigenvalue weighted by atomic mass is 10.1. The van der Waals surface area contributed by atoms with Gasteiger partial charge in [-0.1, -0.05) is 11.6 Å². The van der Waals surface area contributed by atoms with E-state index in [1.54, 1.807) is 20.3 Å². The van der Waals surface area contributed by atoms with Crippen LogP contribution in [0.5, 0.6) is 11.5 Å². The van der Waals surface area contributed by atoms with Gasteiger partial charge in [-0.25, -0.2) is 4.98 Å². The Labute approximate surface area is 117 Å². The van der Waals surface area contributed by atoms with Crippen LogP contribution in [0.15, 0.2) is 12.1 Å². The van der Waals surface area contributed by atoms with Crippen molar-refractivity contribution in [2.24, 2.45) is 5.73 Å². The first kappa shape index (κ1) is 13.9. The van der Waals surface area contributed by atoms with Crippen LogP contribution in [0.3, 0.4) is 0 Å². The molecule has 0 saturated carbocycles. The molecule has 0 saturated heterocycles. The summed E-state index contributed by atoms with van der Waals surface area (Å²) < 4.78 is 10.7. The number of fused-ring (bicyclic) bond motifs is 1. The maximum Gasteiger partial charge on any atom is 0.147 e. The Bertz CT molecular complexity index is 614. The molecule has 0 aliphatic heterocycles. The zero-order valence-corrected chi connectivity index (χ0v) is 12.0. The summed E-state index contributed by atoms with van der Waals surface area (Å²) in [6, 6.07) is 3.75. The molecule has 0 radical (unpaired) electrons. The minimum Gasteiger partial charge on any atom is -0.494 e. The summed E-state index contributed by atoms with van der Waals surface area (Å²) >= 11 is 6.20.